The Labute approximate surface area is 189 Å². The molecule has 4 rings (SSSR count). The van der Waals surface area contributed by atoms with Crippen molar-refractivity contribution in [2.45, 2.75) is 33.7 Å². The molecular formula is C28H28N2O2. The first-order valence-corrected chi connectivity index (χ1v) is 10.9. The van der Waals surface area contributed by atoms with Crippen molar-refractivity contribution in [3.05, 3.63) is 101 Å². The fourth-order valence-corrected chi connectivity index (χ4v) is 4.00. The molecule has 0 aliphatic carbocycles. The van der Waals surface area contributed by atoms with Gasteiger partial charge in [-0.2, -0.15) is 0 Å². The number of anilines is 1. The third-order valence-corrected chi connectivity index (χ3v) is 5.82. The summed E-state index contributed by atoms with van der Waals surface area (Å²) in [6.45, 7) is 6.63. The average Bonchev–Trinajstić information content (AvgIpc) is 2.82. The number of amides is 1. The van der Waals surface area contributed by atoms with Crippen LogP contribution in [-0.2, 0) is 13.0 Å². The van der Waals surface area contributed by atoms with Crippen LogP contribution in [0.2, 0.25) is 0 Å². The molecule has 32 heavy (non-hydrogen) atoms. The van der Waals surface area contributed by atoms with Crippen molar-refractivity contribution < 1.29 is 9.53 Å². The van der Waals surface area contributed by atoms with E-state index in [1.165, 1.54) is 5.56 Å². The van der Waals surface area contributed by atoms with Crippen molar-refractivity contribution in [1.29, 1.82) is 0 Å². The Kier molecular flexibility index (Phi) is 6.22. The van der Waals surface area contributed by atoms with Gasteiger partial charge in [0.05, 0.1) is 19.2 Å². The van der Waals surface area contributed by atoms with E-state index in [0.29, 0.717) is 17.9 Å². The summed E-state index contributed by atoms with van der Waals surface area (Å²) in [6.07, 6.45) is 0.840. The molecule has 0 radical (unpaired) electrons. The highest BCUT2D eigenvalue weighted by Crippen LogP contribution is 2.28. The Morgan fingerprint density at radius 2 is 1.75 bits per heavy atom. The van der Waals surface area contributed by atoms with Crippen LogP contribution in [-0.4, -0.2) is 18.0 Å². The summed E-state index contributed by atoms with van der Waals surface area (Å²) in [5.41, 5.74) is 6.77. The molecule has 3 aromatic carbocycles. The number of rotatable bonds is 6. The van der Waals surface area contributed by atoms with Crippen molar-refractivity contribution in [3.63, 3.8) is 0 Å². The minimum Gasteiger partial charge on any atom is -0.497 e. The summed E-state index contributed by atoms with van der Waals surface area (Å²) in [5.74, 6) is 0.603. The van der Waals surface area contributed by atoms with Crippen molar-refractivity contribution in [2.24, 2.45) is 0 Å². The van der Waals surface area contributed by atoms with E-state index in [1.807, 2.05) is 48.2 Å². The largest absolute Gasteiger partial charge is 0.497 e. The summed E-state index contributed by atoms with van der Waals surface area (Å²) in [4.78, 5) is 20.4. The summed E-state index contributed by atoms with van der Waals surface area (Å²) in [5, 5.41) is 1.08. The van der Waals surface area contributed by atoms with Gasteiger partial charge < -0.3 is 9.64 Å². The molecule has 0 N–H and O–H groups in total. The normalized spacial score (nSPS) is 10.9. The van der Waals surface area contributed by atoms with Crippen molar-refractivity contribution in [3.8, 4) is 5.75 Å². The Hall–Kier alpha value is -3.66. The monoisotopic (exact) mass is 424 g/mol. The van der Waals surface area contributed by atoms with Crippen LogP contribution >= 0.6 is 0 Å². The molecule has 0 fully saturated rings. The fraction of sp³-hybridized carbons (Fsp3) is 0.214. The molecule has 0 saturated heterocycles. The molecular weight excluding hydrogens is 396 g/mol. The topological polar surface area (TPSA) is 42.4 Å². The second-order valence-electron chi connectivity index (χ2n) is 8.03. The molecule has 0 atom stereocenters. The number of benzene rings is 3. The zero-order valence-electron chi connectivity index (χ0n) is 19.1. The van der Waals surface area contributed by atoms with Gasteiger partial charge in [0.25, 0.3) is 5.91 Å². The number of nitrogens with zero attached hydrogens (tertiary/aromatic N) is 2. The molecule has 4 aromatic rings. The van der Waals surface area contributed by atoms with E-state index in [0.717, 1.165) is 39.8 Å². The van der Waals surface area contributed by atoms with Crippen LogP contribution < -0.4 is 9.64 Å². The Balaban J connectivity index is 1.81. The molecule has 1 heterocycles. The second-order valence-corrected chi connectivity index (χ2v) is 8.03. The lowest BCUT2D eigenvalue weighted by Crippen LogP contribution is -2.31. The van der Waals surface area contributed by atoms with E-state index < -0.39 is 0 Å². The number of aryl methyl sites for hydroxylation is 3. The SMILES string of the molecule is CCc1ccccc1N(Cc1cc2ccc(C)cc2nc1C)C(=O)c1cccc(OC)c1. The third kappa shape index (κ3) is 4.35. The predicted molar refractivity (Wildman–Crippen MR) is 131 cm³/mol. The van der Waals surface area contributed by atoms with Gasteiger partial charge in [0.15, 0.2) is 0 Å². The third-order valence-electron chi connectivity index (χ3n) is 5.82. The number of carbonyl (C=O) groups is 1. The molecule has 0 aliphatic heterocycles. The molecule has 0 spiro atoms. The maximum absolute atomic E-state index is 13.8. The van der Waals surface area contributed by atoms with Crippen LogP contribution in [0.1, 0.15) is 39.7 Å². The molecule has 1 amide bonds. The maximum Gasteiger partial charge on any atom is 0.258 e. The van der Waals surface area contributed by atoms with E-state index >= 15 is 0 Å². The van der Waals surface area contributed by atoms with Crippen LogP contribution in [0.4, 0.5) is 5.69 Å². The van der Waals surface area contributed by atoms with Gasteiger partial charge >= 0.3 is 0 Å². The fourth-order valence-electron chi connectivity index (χ4n) is 4.00. The maximum atomic E-state index is 13.8. The molecule has 0 saturated carbocycles. The first-order chi connectivity index (χ1) is 15.5. The van der Waals surface area contributed by atoms with Gasteiger partial charge in [0, 0.05) is 22.3 Å². The Morgan fingerprint density at radius 1 is 0.938 bits per heavy atom. The van der Waals surface area contributed by atoms with Crippen LogP contribution in [0.3, 0.4) is 0 Å². The van der Waals surface area contributed by atoms with Crippen LogP contribution in [0.25, 0.3) is 10.9 Å². The number of carbonyl (C=O) groups excluding carboxylic acids is 1. The van der Waals surface area contributed by atoms with E-state index in [1.54, 1.807) is 13.2 Å². The molecule has 0 bridgehead atoms. The molecule has 0 unspecified atom stereocenters. The Morgan fingerprint density at radius 3 is 2.53 bits per heavy atom. The molecule has 0 aliphatic rings. The van der Waals surface area contributed by atoms with Crippen LogP contribution in [0, 0.1) is 13.8 Å². The van der Waals surface area contributed by atoms with E-state index in [2.05, 4.69) is 44.2 Å². The van der Waals surface area contributed by atoms with Gasteiger partial charge in [0.2, 0.25) is 0 Å². The zero-order chi connectivity index (χ0) is 22.7. The van der Waals surface area contributed by atoms with Gasteiger partial charge in [-0.25, -0.2) is 0 Å². The summed E-state index contributed by atoms with van der Waals surface area (Å²) >= 11 is 0. The van der Waals surface area contributed by atoms with Crippen LogP contribution in [0.15, 0.2) is 72.8 Å². The van der Waals surface area contributed by atoms with E-state index in [9.17, 15) is 4.79 Å². The minimum absolute atomic E-state index is 0.0618. The number of ether oxygens (including phenoxy) is 1. The number of hydrogen-bond donors (Lipinski definition) is 0. The van der Waals surface area contributed by atoms with Crippen molar-refractivity contribution in [1.82, 2.24) is 4.98 Å². The van der Waals surface area contributed by atoms with Gasteiger partial charge in [-0.15, -0.1) is 0 Å². The number of fused-ring (bicyclic) bond motifs is 1. The number of methoxy groups -OCH3 is 1. The highest BCUT2D eigenvalue weighted by atomic mass is 16.5. The first-order valence-electron chi connectivity index (χ1n) is 10.9. The summed E-state index contributed by atoms with van der Waals surface area (Å²) in [6, 6.07) is 23.8. The van der Waals surface area contributed by atoms with E-state index in [4.69, 9.17) is 9.72 Å². The molecule has 4 nitrogen and oxygen atoms in total. The van der Waals surface area contributed by atoms with Gasteiger partial charge in [0.1, 0.15) is 5.75 Å². The second kappa shape index (κ2) is 9.23. The lowest BCUT2D eigenvalue weighted by Gasteiger charge is -2.26. The standard InChI is InChI=1S/C28H28N2O2/c1-5-21-9-6-7-12-27(21)30(28(31)23-10-8-11-25(17-23)32-4)18-24-16-22-14-13-19(2)15-26(22)29-20(24)3/h6-17H,5,18H2,1-4H3. The predicted octanol–water partition coefficient (Wildman–Crippen LogP) is 6.27. The van der Waals surface area contributed by atoms with Crippen molar-refractivity contribution >= 4 is 22.5 Å². The highest BCUT2D eigenvalue weighted by Gasteiger charge is 2.22. The smallest absolute Gasteiger partial charge is 0.258 e. The van der Waals surface area contributed by atoms with Crippen LogP contribution in [0.5, 0.6) is 5.75 Å². The number of aromatic nitrogens is 1. The van der Waals surface area contributed by atoms with Gasteiger partial charge in [-0.1, -0.05) is 43.3 Å². The number of hydrogen-bond acceptors (Lipinski definition) is 3. The summed E-state index contributed by atoms with van der Waals surface area (Å²) in [7, 11) is 1.61. The summed E-state index contributed by atoms with van der Waals surface area (Å²) < 4.78 is 5.35. The quantitative estimate of drug-likeness (QED) is 0.366. The van der Waals surface area contributed by atoms with E-state index in [-0.39, 0.29) is 5.91 Å². The number of pyridine rings is 1. The molecule has 1 aromatic heterocycles. The van der Waals surface area contributed by atoms with Gasteiger partial charge in [-0.05, 0) is 73.4 Å². The average molecular weight is 425 g/mol. The highest BCUT2D eigenvalue weighted by molar-refractivity contribution is 6.06. The number of para-hydroxylation sites is 1. The lowest BCUT2D eigenvalue weighted by atomic mass is 10.0. The zero-order valence-corrected chi connectivity index (χ0v) is 19.1. The Bertz CT molecular complexity index is 1280. The van der Waals surface area contributed by atoms with Gasteiger partial charge in [-0.3, -0.25) is 9.78 Å². The first kappa shape index (κ1) is 21.6. The van der Waals surface area contributed by atoms with Crippen molar-refractivity contribution in [2.75, 3.05) is 12.0 Å². The minimum atomic E-state index is -0.0618. The molecule has 162 valence electrons. The molecule has 4 heteroatoms. The lowest BCUT2D eigenvalue weighted by molar-refractivity contribution is 0.0984.